The molecule has 0 saturated carbocycles. The zero-order valence-electron chi connectivity index (χ0n) is 14.8. The Morgan fingerprint density at radius 2 is 2.04 bits per heavy atom. The molecule has 1 aromatic carbocycles. The molecule has 1 amide bonds. The second kappa shape index (κ2) is 8.36. The van der Waals surface area contributed by atoms with Crippen molar-refractivity contribution < 1.29 is 19.0 Å². The molecular weight excluding hydrogens is 390 g/mol. The molecule has 1 saturated heterocycles. The van der Waals surface area contributed by atoms with E-state index in [4.69, 9.17) is 14.2 Å². The standard InChI is InChI=1S/C17H26BrNO4Si/c1-21-16-11-13(19-8-7-14(18)17(19)20)5-6-15(16)23-12-22-9-10-24(2,3)4/h5-6,11,14H,7-10,12H2,1-4H3. The number of carbonyl (C=O) groups is 1. The van der Waals surface area contributed by atoms with Crippen molar-refractivity contribution >= 4 is 35.6 Å². The topological polar surface area (TPSA) is 48.0 Å². The van der Waals surface area contributed by atoms with E-state index < -0.39 is 8.07 Å². The Balaban J connectivity index is 1.93. The maximum atomic E-state index is 12.1. The number of rotatable bonds is 8. The third-order valence-electron chi connectivity index (χ3n) is 3.89. The van der Waals surface area contributed by atoms with E-state index in [2.05, 4.69) is 35.6 Å². The Morgan fingerprint density at radius 1 is 1.29 bits per heavy atom. The Bertz CT molecular complexity index is 576. The van der Waals surface area contributed by atoms with Crippen molar-refractivity contribution in [2.45, 2.75) is 36.9 Å². The van der Waals surface area contributed by atoms with Gasteiger partial charge < -0.3 is 19.1 Å². The number of alkyl halides is 1. The third kappa shape index (κ3) is 5.22. The summed E-state index contributed by atoms with van der Waals surface area (Å²) in [6, 6.07) is 6.64. The van der Waals surface area contributed by atoms with Crippen LogP contribution in [0.2, 0.25) is 25.7 Å². The Kier molecular flexibility index (Phi) is 6.71. The summed E-state index contributed by atoms with van der Waals surface area (Å²) in [5.41, 5.74) is 0.825. The highest BCUT2D eigenvalue weighted by molar-refractivity contribution is 9.10. The van der Waals surface area contributed by atoms with Crippen molar-refractivity contribution in [3.05, 3.63) is 18.2 Å². The normalized spacial score (nSPS) is 18.1. The number of methoxy groups -OCH3 is 1. The number of halogens is 1. The number of benzene rings is 1. The van der Waals surface area contributed by atoms with Crippen molar-refractivity contribution in [3.8, 4) is 11.5 Å². The fourth-order valence-corrected chi connectivity index (χ4v) is 3.60. The Hall–Kier alpha value is -1.05. The van der Waals surface area contributed by atoms with E-state index in [1.54, 1.807) is 12.0 Å². The Labute approximate surface area is 153 Å². The minimum Gasteiger partial charge on any atom is -0.493 e. The number of amides is 1. The molecule has 24 heavy (non-hydrogen) atoms. The summed E-state index contributed by atoms with van der Waals surface area (Å²) in [7, 11) is 0.509. The number of ether oxygens (including phenoxy) is 3. The molecule has 0 spiro atoms. The van der Waals surface area contributed by atoms with Crippen LogP contribution in [-0.2, 0) is 9.53 Å². The smallest absolute Gasteiger partial charge is 0.240 e. The van der Waals surface area contributed by atoms with E-state index in [0.29, 0.717) is 24.7 Å². The molecule has 1 aromatic rings. The third-order valence-corrected chi connectivity index (χ3v) is 6.45. The summed E-state index contributed by atoms with van der Waals surface area (Å²) in [6.07, 6.45) is 0.810. The second-order valence-corrected chi connectivity index (χ2v) is 13.8. The summed E-state index contributed by atoms with van der Waals surface area (Å²) in [5.74, 6) is 1.31. The van der Waals surface area contributed by atoms with Crippen LogP contribution in [0.1, 0.15) is 6.42 Å². The summed E-state index contributed by atoms with van der Waals surface area (Å²) < 4.78 is 16.6. The first kappa shape index (κ1) is 19.3. The maximum Gasteiger partial charge on any atom is 0.240 e. The van der Waals surface area contributed by atoms with Crippen LogP contribution >= 0.6 is 15.9 Å². The van der Waals surface area contributed by atoms with Crippen molar-refractivity contribution in [2.75, 3.05) is 32.0 Å². The van der Waals surface area contributed by atoms with Gasteiger partial charge in [0.15, 0.2) is 18.3 Å². The van der Waals surface area contributed by atoms with Crippen LogP contribution in [0.25, 0.3) is 0 Å². The van der Waals surface area contributed by atoms with Crippen LogP contribution in [0.5, 0.6) is 11.5 Å². The van der Waals surface area contributed by atoms with Crippen LogP contribution in [0, 0.1) is 0 Å². The average molecular weight is 416 g/mol. The van der Waals surface area contributed by atoms with Crippen LogP contribution in [-0.4, -0.2) is 45.9 Å². The molecule has 1 aliphatic rings. The summed E-state index contributed by atoms with van der Waals surface area (Å²) in [5, 5.41) is 0. The van der Waals surface area contributed by atoms with Crippen LogP contribution < -0.4 is 14.4 Å². The van der Waals surface area contributed by atoms with Crippen molar-refractivity contribution in [3.63, 3.8) is 0 Å². The molecule has 1 fully saturated rings. The average Bonchev–Trinajstić information content (AvgIpc) is 2.86. The lowest BCUT2D eigenvalue weighted by atomic mass is 10.2. The number of nitrogens with zero attached hydrogens (tertiary/aromatic N) is 1. The van der Waals surface area contributed by atoms with Gasteiger partial charge in [0.05, 0.1) is 11.9 Å². The van der Waals surface area contributed by atoms with E-state index in [0.717, 1.165) is 18.2 Å². The molecule has 1 aliphatic heterocycles. The first-order chi connectivity index (χ1) is 11.3. The molecule has 134 valence electrons. The predicted octanol–water partition coefficient (Wildman–Crippen LogP) is 3.89. The summed E-state index contributed by atoms with van der Waals surface area (Å²) in [4.78, 5) is 13.8. The molecule has 1 atom stereocenters. The van der Waals surface area contributed by atoms with E-state index in [1.807, 2.05) is 18.2 Å². The van der Waals surface area contributed by atoms with E-state index >= 15 is 0 Å². The zero-order chi connectivity index (χ0) is 17.7. The van der Waals surface area contributed by atoms with Crippen molar-refractivity contribution in [1.29, 1.82) is 0 Å². The molecule has 7 heteroatoms. The molecule has 0 bridgehead atoms. The summed E-state index contributed by atoms with van der Waals surface area (Å²) >= 11 is 3.39. The van der Waals surface area contributed by atoms with E-state index in [-0.39, 0.29) is 17.5 Å². The number of hydrogen-bond donors (Lipinski definition) is 0. The van der Waals surface area contributed by atoms with Gasteiger partial charge in [-0.15, -0.1) is 0 Å². The molecule has 2 rings (SSSR count). The van der Waals surface area contributed by atoms with E-state index in [9.17, 15) is 4.79 Å². The van der Waals surface area contributed by atoms with Crippen LogP contribution in [0.4, 0.5) is 5.69 Å². The summed E-state index contributed by atoms with van der Waals surface area (Å²) in [6.45, 7) is 8.57. The maximum absolute atomic E-state index is 12.1. The van der Waals surface area contributed by atoms with Gasteiger partial charge in [0.2, 0.25) is 5.91 Å². The lowest BCUT2D eigenvalue weighted by Gasteiger charge is -2.19. The van der Waals surface area contributed by atoms with Gasteiger partial charge in [-0.3, -0.25) is 4.79 Å². The van der Waals surface area contributed by atoms with Gasteiger partial charge in [-0.25, -0.2) is 0 Å². The van der Waals surface area contributed by atoms with Crippen LogP contribution in [0.15, 0.2) is 18.2 Å². The van der Waals surface area contributed by atoms with Crippen molar-refractivity contribution in [2.24, 2.45) is 0 Å². The molecule has 0 N–H and O–H groups in total. The lowest BCUT2D eigenvalue weighted by molar-refractivity contribution is -0.116. The van der Waals surface area contributed by atoms with Gasteiger partial charge in [0.25, 0.3) is 0 Å². The first-order valence-corrected chi connectivity index (χ1v) is 12.8. The molecule has 5 nitrogen and oxygen atoms in total. The van der Waals surface area contributed by atoms with Gasteiger partial charge in [-0.05, 0) is 24.6 Å². The van der Waals surface area contributed by atoms with Gasteiger partial charge in [0, 0.05) is 33.0 Å². The quantitative estimate of drug-likeness (QED) is 0.279. The first-order valence-electron chi connectivity index (χ1n) is 8.16. The van der Waals surface area contributed by atoms with E-state index in [1.165, 1.54) is 0 Å². The Morgan fingerprint density at radius 3 is 2.62 bits per heavy atom. The molecule has 0 aromatic heterocycles. The van der Waals surface area contributed by atoms with Crippen molar-refractivity contribution in [1.82, 2.24) is 0 Å². The number of anilines is 1. The molecule has 1 unspecified atom stereocenters. The lowest BCUT2D eigenvalue weighted by Crippen LogP contribution is -2.27. The minimum atomic E-state index is -1.09. The SMILES string of the molecule is COc1cc(N2CCC(Br)C2=O)ccc1OCOCC[Si](C)(C)C. The molecule has 0 aliphatic carbocycles. The van der Waals surface area contributed by atoms with Gasteiger partial charge in [-0.1, -0.05) is 35.6 Å². The molecular formula is C17H26BrNO4Si. The predicted molar refractivity (Wildman–Crippen MR) is 102 cm³/mol. The second-order valence-electron chi connectivity index (χ2n) is 7.06. The highest BCUT2D eigenvalue weighted by atomic mass is 79.9. The molecule has 0 radical (unpaired) electrons. The fourth-order valence-electron chi connectivity index (χ4n) is 2.39. The van der Waals surface area contributed by atoms with Gasteiger partial charge >= 0.3 is 0 Å². The highest BCUT2D eigenvalue weighted by Gasteiger charge is 2.30. The molecule has 1 heterocycles. The van der Waals surface area contributed by atoms with Gasteiger partial charge in [-0.2, -0.15) is 0 Å². The monoisotopic (exact) mass is 415 g/mol. The highest BCUT2D eigenvalue weighted by Crippen LogP contribution is 2.34. The zero-order valence-corrected chi connectivity index (χ0v) is 17.4. The largest absolute Gasteiger partial charge is 0.493 e. The minimum absolute atomic E-state index is 0.0837. The fraction of sp³-hybridized carbons (Fsp3) is 0.588. The van der Waals surface area contributed by atoms with Gasteiger partial charge in [0.1, 0.15) is 0 Å². The number of carbonyl (C=O) groups excluding carboxylic acids is 1. The number of hydrogen-bond acceptors (Lipinski definition) is 4. The van der Waals surface area contributed by atoms with Crippen LogP contribution in [0.3, 0.4) is 0 Å².